The Morgan fingerprint density at radius 2 is 2.42 bits per heavy atom. The molecule has 2 nitrogen and oxygen atoms in total. The number of halogens is 1. The number of alkyl halides is 1. The number of hydrogen-bond acceptors (Lipinski definition) is 2. The molecule has 0 radical (unpaired) electrons. The topological polar surface area (TPSA) is 29.5 Å². The molecule has 1 rings (SSSR count). The summed E-state index contributed by atoms with van der Waals surface area (Å²) >= 11 is 0. The molecule has 1 saturated heterocycles. The van der Waals surface area contributed by atoms with Crippen LogP contribution >= 0.6 is 0 Å². The molecule has 0 aliphatic carbocycles. The van der Waals surface area contributed by atoms with Crippen LogP contribution in [0.1, 0.15) is 26.2 Å². The van der Waals surface area contributed by atoms with Gasteiger partial charge in [-0.2, -0.15) is 0 Å². The second-order valence-corrected chi connectivity index (χ2v) is 3.58. The Morgan fingerprint density at radius 3 is 2.92 bits per heavy atom. The van der Waals surface area contributed by atoms with Gasteiger partial charge < -0.3 is 9.84 Å². The standard InChI is InChI=1S/C9H17FO2/c1-7(11)9(10)5-8-3-2-4-12-6-8/h7-9,11H,2-6H2,1H3. The lowest BCUT2D eigenvalue weighted by Crippen LogP contribution is -2.26. The second kappa shape index (κ2) is 4.77. The van der Waals surface area contributed by atoms with Gasteiger partial charge in [-0.25, -0.2) is 4.39 Å². The first-order chi connectivity index (χ1) is 5.70. The van der Waals surface area contributed by atoms with Gasteiger partial charge in [-0.15, -0.1) is 0 Å². The molecule has 12 heavy (non-hydrogen) atoms. The zero-order valence-corrected chi connectivity index (χ0v) is 7.50. The molecule has 0 saturated carbocycles. The average Bonchev–Trinajstić information content (AvgIpc) is 2.06. The van der Waals surface area contributed by atoms with Crippen molar-refractivity contribution in [2.24, 2.45) is 5.92 Å². The minimum Gasteiger partial charge on any atom is -0.390 e. The molecule has 72 valence electrons. The molecule has 0 aromatic carbocycles. The molecule has 0 aromatic rings. The molecule has 3 unspecified atom stereocenters. The van der Waals surface area contributed by atoms with E-state index in [0.717, 1.165) is 19.4 Å². The third-order valence-corrected chi connectivity index (χ3v) is 2.34. The number of ether oxygens (including phenoxy) is 1. The highest BCUT2D eigenvalue weighted by molar-refractivity contribution is 4.71. The number of hydrogen-bond donors (Lipinski definition) is 1. The van der Waals surface area contributed by atoms with E-state index in [4.69, 9.17) is 9.84 Å². The molecule has 0 aromatic heterocycles. The summed E-state index contributed by atoms with van der Waals surface area (Å²) < 4.78 is 18.2. The van der Waals surface area contributed by atoms with Gasteiger partial charge in [0.2, 0.25) is 0 Å². The largest absolute Gasteiger partial charge is 0.390 e. The minimum absolute atomic E-state index is 0.309. The predicted molar refractivity (Wildman–Crippen MR) is 44.7 cm³/mol. The Kier molecular flexibility index (Phi) is 3.95. The Bertz CT molecular complexity index is 122. The quantitative estimate of drug-likeness (QED) is 0.706. The fourth-order valence-corrected chi connectivity index (χ4v) is 1.51. The van der Waals surface area contributed by atoms with Gasteiger partial charge in [-0.3, -0.25) is 0 Å². The number of aliphatic hydroxyl groups is 1. The van der Waals surface area contributed by atoms with Gasteiger partial charge in [-0.05, 0) is 32.1 Å². The smallest absolute Gasteiger partial charge is 0.126 e. The first kappa shape index (κ1) is 9.93. The van der Waals surface area contributed by atoms with Crippen LogP contribution in [0, 0.1) is 5.92 Å². The highest BCUT2D eigenvalue weighted by atomic mass is 19.1. The van der Waals surface area contributed by atoms with Crippen molar-refractivity contribution in [2.45, 2.75) is 38.5 Å². The van der Waals surface area contributed by atoms with Gasteiger partial charge in [-0.1, -0.05) is 0 Å². The van der Waals surface area contributed by atoms with Crippen LogP contribution in [-0.2, 0) is 4.74 Å². The zero-order valence-electron chi connectivity index (χ0n) is 7.50. The molecule has 0 bridgehead atoms. The summed E-state index contributed by atoms with van der Waals surface area (Å²) in [4.78, 5) is 0. The van der Waals surface area contributed by atoms with E-state index < -0.39 is 12.3 Å². The predicted octanol–water partition coefficient (Wildman–Crippen LogP) is 1.52. The average molecular weight is 176 g/mol. The van der Waals surface area contributed by atoms with Gasteiger partial charge >= 0.3 is 0 Å². The molecule has 1 aliphatic heterocycles. The van der Waals surface area contributed by atoms with Crippen LogP contribution in [0.15, 0.2) is 0 Å². The highest BCUT2D eigenvalue weighted by Gasteiger charge is 2.21. The monoisotopic (exact) mass is 176 g/mol. The summed E-state index contributed by atoms with van der Waals surface area (Å²) in [6.07, 6.45) is 0.575. The van der Waals surface area contributed by atoms with E-state index in [9.17, 15) is 4.39 Å². The van der Waals surface area contributed by atoms with Crippen LogP contribution in [0.25, 0.3) is 0 Å². The Morgan fingerprint density at radius 1 is 1.67 bits per heavy atom. The van der Waals surface area contributed by atoms with Gasteiger partial charge in [0.15, 0.2) is 0 Å². The van der Waals surface area contributed by atoms with Gasteiger partial charge in [0.25, 0.3) is 0 Å². The molecule has 0 amide bonds. The van der Waals surface area contributed by atoms with Crippen molar-refractivity contribution in [1.29, 1.82) is 0 Å². The van der Waals surface area contributed by atoms with E-state index in [2.05, 4.69) is 0 Å². The molecular formula is C9H17FO2. The molecule has 1 fully saturated rings. The Labute approximate surface area is 72.7 Å². The van der Waals surface area contributed by atoms with E-state index in [0.29, 0.717) is 18.9 Å². The van der Waals surface area contributed by atoms with Crippen molar-refractivity contribution in [3.63, 3.8) is 0 Å². The molecule has 1 N–H and O–H groups in total. The first-order valence-corrected chi connectivity index (χ1v) is 4.60. The molecule has 0 spiro atoms. The molecule has 3 atom stereocenters. The lowest BCUT2D eigenvalue weighted by atomic mass is 9.94. The SMILES string of the molecule is CC(O)C(F)CC1CCCOC1. The van der Waals surface area contributed by atoms with Crippen LogP contribution in [0.3, 0.4) is 0 Å². The summed E-state index contributed by atoms with van der Waals surface area (Å²) in [7, 11) is 0. The van der Waals surface area contributed by atoms with Crippen molar-refractivity contribution >= 4 is 0 Å². The van der Waals surface area contributed by atoms with Crippen molar-refractivity contribution < 1.29 is 14.2 Å². The lowest BCUT2D eigenvalue weighted by Gasteiger charge is -2.24. The van der Waals surface area contributed by atoms with Gasteiger partial charge in [0, 0.05) is 13.2 Å². The summed E-state index contributed by atoms with van der Waals surface area (Å²) in [5.41, 5.74) is 0. The van der Waals surface area contributed by atoms with Crippen molar-refractivity contribution in [1.82, 2.24) is 0 Å². The maximum Gasteiger partial charge on any atom is 0.126 e. The molecule has 1 aliphatic rings. The highest BCUT2D eigenvalue weighted by Crippen LogP contribution is 2.21. The summed E-state index contributed by atoms with van der Waals surface area (Å²) in [6.45, 7) is 2.96. The fourth-order valence-electron chi connectivity index (χ4n) is 1.51. The van der Waals surface area contributed by atoms with Crippen molar-refractivity contribution in [2.75, 3.05) is 13.2 Å². The Hall–Kier alpha value is -0.150. The van der Waals surface area contributed by atoms with E-state index in [1.54, 1.807) is 0 Å². The molecule has 1 heterocycles. The van der Waals surface area contributed by atoms with Crippen molar-refractivity contribution in [3.05, 3.63) is 0 Å². The third kappa shape index (κ3) is 3.07. The van der Waals surface area contributed by atoms with Crippen LogP contribution in [0.4, 0.5) is 4.39 Å². The summed E-state index contributed by atoms with van der Waals surface area (Å²) in [6, 6.07) is 0. The van der Waals surface area contributed by atoms with Crippen LogP contribution in [-0.4, -0.2) is 30.6 Å². The fraction of sp³-hybridized carbons (Fsp3) is 1.00. The van der Waals surface area contributed by atoms with Gasteiger partial charge in [0.1, 0.15) is 6.17 Å². The summed E-state index contributed by atoms with van der Waals surface area (Å²) in [5, 5.41) is 8.94. The molecule has 3 heteroatoms. The maximum absolute atomic E-state index is 13.0. The van der Waals surface area contributed by atoms with E-state index in [-0.39, 0.29) is 0 Å². The normalized spacial score (nSPS) is 29.8. The van der Waals surface area contributed by atoms with E-state index in [1.165, 1.54) is 6.92 Å². The summed E-state index contributed by atoms with van der Waals surface area (Å²) in [5.74, 6) is 0.309. The lowest BCUT2D eigenvalue weighted by molar-refractivity contribution is 0.0196. The van der Waals surface area contributed by atoms with Crippen LogP contribution in [0.5, 0.6) is 0 Å². The minimum atomic E-state index is -1.09. The van der Waals surface area contributed by atoms with Crippen LogP contribution < -0.4 is 0 Å². The number of aliphatic hydroxyl groups excluding tert-OH is 1. The maximum atomic E-state index is 13.0. The Balaban J connectivity index is 2.20. The second-order valence-electron chi connectivity index (χ2n) is 3.58. The van der Waals surface area contributed by atoms with E-state index >= 15 is 0 Å². The third-order valence-electron chi connectivity index (χ3n) is 2.34. The molecular weight excluding hydrogens is 159 g/mol. The first-order valence-electron chi connectivity index (χ1n) is 4.60. The number of rotatable bonds is 3. The van der Waals surface area contributed by atoms with Crippen LogP contribution in [0.2, 0.25) is 0 Å². The van der Waals surface area contributed by atoms with Crippen molar-refractivity contribution in [3.8, 4) is 0 Å². The van der Waals surface area contributed by atoms with E-state index in [1.807, 2.05) is 0 Å². The zero-order chi connectivity index (χ0) is 8.97. The van der Waals surface area contributed by atoms with Gasteiger partial charge in [0.05, 0.1) is 6.10 Å².